The van der Waals surface area contributed by atoms with E-state index >= 15 is 0 Å². The summed E-state index contributed by atoms with van der Waals surface area (Å²) in [4.78, 5) is 19.2. The van der Waals surface area contributed by atoms with Crippen LogP contribution in [0.3, 0.4) is 0 Å². The fourth-order valence-electron chi connectivity index (χ4n) is 1.42. The third-order valence-corrected chi connectivity index (χ3v) is 2.35. The number of aromatic nitrogens is 4. The van der Waals surface area contributed by atoms with Gasteiger partial charge >= 0.3 is 0 Å². The molecule has 0 bridgehead atoms. The molecule has 17 heavy (non-hydrogen) atoms. The van der Waals surface area contributed by atoms with Crippen molar-refractivity contribution in [2.45, 2.75) is 13.8 Å². The number of anilines is 1. The molecule has 0 radical (unpaired) electrons. The minimum absolute atomic E-state index is 0.319. The standard InChI is InChI=1S/C10H12N6O/c1-5-8(11)14-6(2)15-10(5)16-4-7(3-13-16)9(12)17/h3-4H,1-2H3,(H2,12,17)(H2,11,14,15). The Kier molecular flexibility index (Phi) is 2.51. The van der Waals surface area contributed by atoms with Crippen molar-refractivity contribution in [3.63, 3.8) is 0 Å². The molecular weight excluding hydrogens is 220 g/mol. The van der Waals surface area contributed by atoms with Gasteiger partial charge in [-0.1, -0.05) is 0 Å². The maximum atomic E-state index is 11.0. The van der Waals surface area contributed by atoms with E-state index < -0.39 is 5.91 Å². The minimum Gasteiger partial charge on any atom is -0.383 e. The Bertz CT molecular complexity index is 588. The first kappa shape index (κ1) is 11.1. The van der Waals surface area contributed by atoms with Crippen LogP contribution < -0.4 is 11.5 Å². The average molecular weight is 232 g/mol. The normalized spacial score (nSPS) is 10.5. The molecule has 1 amide bonds. The van der Waals surface area contributed by atoms with Crippen LogP contribution in [0.2, 0.25) is 0 Å². The lowest BCUT2D eigenvalue weighted by molar-refractivity contribution is 0.100. The summed E-state index contributed by atoms with van der Waals surface area (Å²) in [6.45, 7) is 3.52. The highest BCUT2D eigenvalue weighted by atomic mass is 16.1. The van der Waals surface area contributed by atoms with Gasteiger partial charge in [-0.25, -0.2) is 14.6 Å². The van der Waals surface area contributed by atoms with Crippen molar-refractivity contribution in [3.05, 3.63) is 29.3 Å². The van der Waals surface area contributed by atoms with Crippen LogP contribution in [0.15, 0.2) is 12.4 Å². The first-order valence-electron chi connectivity index (χ1n) is 4.94. The van der Waals surface area contributed by atoms with Crippen LogP contribution in [0.25, 0.3) is 5.82 Å². The van der Waals surface area contributed by atoms with Gasteiger partial charge in [0.1, 0.15) is 11.6 Å². The molecule has 2 aromatic rings. The molecule has 0 aliphatic rings. The Morgan fingerprint density at radius 2 is 2.06 bits per heavy atom. The number of nitrogens with zero attached hydrogens (tertiary/aromatic N) is 4. The van der Waals surface area contributed by atoms with Crippen molar-refractivity contribution in [2.24, 2.45) is 5.73 Å². The largest absolute Gasteiger partial charge is 0.383 e. The van der Waals surface area contributed by atoms with Crippen molar-refractivity contribution in [1.82, 2.24) is 19.7 Å². The van der Waals surface area contributed by atoms with E-state index in [1.165, 1.54) is 17.1 Å². The first-order valence-corrected chi connectivity index (χ1v) is 4.94. The van der Waals surface area contributed by atoms with Crippen LogP contribution >= 0.6 is 0 Å². The van der Waals surface area contributed by atoms with E-state index in [0.29, 0.717) is 28.6 Å². The van der Waals surface area contributed by atoms with E-state index in [4.69, 9.17) is 11.5 Å². The third kappa shape index (κ3) is 1.94. The number of aryl methyl sites for hydroxylation is 1. The van der Waals surface area contributed by atoms with Crippen molar-refractivity contribution >= 4 is 11.7 Å². The summed E-state index contributed by atoms with van der Waals surface area (Å²) >= 11 is 0. The smallest absolute Gasteiger partial charge is 0.251 e. The number of carbonyl (C=O) groups excluding carboxylic acids is 1. The second-order valence-corrected chi connectivity index (χ2v) is 3.64. The molecule has 7 heteroatoms. The molecule has 7 nitrogen and oxygen atoms in total. The van der Waals surface area contributed by atoms with Crippen molar-refractivity contribution in [2.75, 3.05) is 5.73 Å². The zero-order chi connectivity index (χ0) is 12.6. The Hall–Kier alpha value is -2.44. The molecule has 2 heterocycles. The maximum absolute atomic E-state index is 11.0. The van der Waals surface area contributed by atoms with Gasteiger partial charge in [-0.15, -0.1) is 0 Å². The molecule has 0 aliphatic heterocycles. The average Bonchev–Trinajstić information content (AvgIpc) is 2.72. The number of amides is 1. The highest BCUT2D eigenvalue weighted by Gasteiger charge is 2.11. The highest BCUT2D eigenvalue weighted by molar-refractivity contribution is 5.92. The van der Waals surface area contributed by atoms with E-state index in [9.17, 15) is 4.79 Å². The Morgan fingerprint density at radius 1 is 1.35 bits per heavy atom. The van der Waals surface area contributed by atoms with Crippen LogP contribution in [-0.2, 0) is 0 Å². The second-order valence-electron chi connectivity index (χ2n) is 3.64. The van der Waals surface area contributed by atoms with Crippen LogP contribution in [0.5, 0.6) is 0 Å². The predicted octanol–water partition coefficient (Wildman–Crippen LogP) is -0.0398. The number of primary amides is 1. The van der Waals surface area contributed by atoms with Gasteiger partial charge in [-0.05, 0) is 13.8 Å². The number of nitrogen functional groups attached to an aromatic ring is 1. The van der Waals surface area contributed by atoms with Gasteiger partial charge in [0.2, 0.25) is 0 Å². The van der Waals surface area contributed by atoms with Gasteiger partial charge in [0.05, 0.1) is 11.8 Å². The Morgan fingerprint density at radius 3 is 2.65 bits per heavy atom. The quantitative estimate of drug-likeness (QED) is 0.754. The molecule has 0 atom stereocenters. The summed E-state index contributed by atoms with van der Waals surface area (Å²) in [5.41, 5.74) is 11.9. The number of nitrogens with two attached hydrogens (primary N) is 2. The molecule has 0 aliphatic carbocycles. The summed E-state index contributed by atoms with van der Waals surface area (Å²) < 4.78 is 1.46. The predicted molar refractivity (Wildman–Crippen MR) is 61.6 cm³/mol. The van der Waals surface area contributed by atoms with Gasteiger partial charge in [0.15, 0.2) is 5.82 Å². The van der Waals surface area contributed by atoms with Crippen LogP contribution in [0.1, 0.15) is 21.7 Å². The van der Waals surface area contributed by atoms with Gasteiger partial charge in [-0.2, -0.15) is 5.10 Å². The highest BCUT2D eigenvalue weighted by Crippen LogP contribution is 2.16. The summed E-state index contributed by atoms with van der Waals surface area (Å²) in [7, 11) is 0. The lowest BCUT2D eigenvalue weighted by atomic mass is 10.3. The number of hydrogen-bond donors (Lipinski definition) is 2. The van der Waals surface area contributed by atoms with Gasteiger partial charge in [-0.3, -0.25) is 4.79 Å². The van der Waals surface area contributed by atoms with Crippen molar-refractivity contribution in [3.8, 4) is 5.82 Å². The maximum Gasteiger partial charge on any atom is 0.251 e. The molecule has 0 aromatic carbocycles. The van der Waals surface area contributed by atoms with Crippen molar-refractivity contribution < 1.29 is 4.79 Å². The third-order valence-electron chi connectivity index (χ3n) is 2.35. The fourth-order valence-corrected chi connectivity index (χ4v) is 1.42. The van der Waals surface area contributed by atoms with Gasteiger partial charge in [0.25, 0.3) is 5.91 Å². The summed E-state index contributed by atoms with van der Waals surface area (Å²) in [6, 6.07) is 0. The molecule has 0 spiro atoms. The number of carbonyl (C=O) groups is 1. The Balaban J connectivity index is 2.56. The van der Waals surface area contributed by atoms with Crippen LogP contribution in [-0.4, -0.2) is 25.7 Å². The first-order chi connectivity index (χ1) is 7.99. The second kappa shape index (κ2) is 3.85. The molecule has 0 saturated carbocycles. The fraction of sp³-hybridized carbons (Fsp3) is 0.200. The Labute approximate surface area is 97.5 Å². The summed E-state index contributed by atoms with van der Waals surface area (Å²) in [6.07, 6.45) is 2.89. The molecule has 0 saturated heterocycles. The zero-order valence-electron chi connectivity index (χ0n) is 9.51. The SMILES string of the molecule is Cc1nc(N)c(C)c(-n2cc(C(N)=O)cn2)n1. The molecule has 0 fully saturated rings. The molecule has 2 aromatic heterocycles. The molecule has 2 rings (SSSR count). The molecule has 0 unspecified atom stereocenters. The molecule has 88 valence electrons. The number of rotatable bonds is 2. The van der Waals surface area contributed by atoms with E-state index in [-0.39, 0.29) is 0 Å². The van der Waals surface area contributed by atoms with Gasteiger partial charge in [0, 0.05) is 11.8 Å². The molecule has 4 N–H and O–H groups in total. The van der Waals surface area contributed by atoms with E-state index in [2.05, 4.69) is 15.1 Å². The number of hydrogen-bond acceptors (Lipinski definition) is 5. The molecular formula is C10H12N6O. The monoisotopic (exact) mass is 232 g/mol. The van der Waals surface area contributed by atoms with E-state index in [1.807, 2.05) is 0 Å². The lowest BCUT2D eigenvalue weighted by Gasteiger charge is -2.07. The van der Waals surface area contributed by atoms with Crippen LogP contribution in [0, 0.1) is 13.8 Å². The lowest BCUT2D eigenvalue weighted by Crippen LogP contribution is -2.10. The van der Waals surface area contributed by atoms with E-state index in [1.54, 1.807) is 13.8 Å². The topological polar surface area (TPSA) is 113 Å². The van der Waals surface area contributed by atoms with E-state index in [0.717, 1.165) is 0 Å². The zero-order valence-corrected chi connectivity index (χ0v) is 9.51. The summed E-state index contributed by atoms with van der Waals surface area (Å²) in [5.74, 6) is 0.943. The van der Waals surface area contributed by atoms with Crippen LogP contribution in [0.4, 0.5) is 5.82 Å². The minimum atomic E-state index is -0.535. The van der Waals surface area contributed by atoms with Gasteiger partial charge < -0.3 is 11.5 Å². The summed E-state index contributed by atoms with van der Waals surface area (Å²) in [5, 5.41) is 4.02. The van der Waals surface area contributed by atoms with Crippen molar-refractivity contribution in [1.29, 1.82) is 0 Å².